The van der Waals surface area contributed by atoms with Gasteiger partial charge in [-0.25, -0.2) is 0 Å². The van der Waals surface area contributed by atoms with Crippen molar-refractivity contribution in [1.82, 2.24) is 4.90 Å². The minimum absolute atomic E-state index is 0.443. The van der Waals surface area contributed by atoms with Gasteiger partial charge in [-0.15, -0.1) is 0 Å². The first-order valence-electron chi connectivity index (χ1n) is 7.23. The van der Waals surface area contributed by atoms with Gasteiger partial charge in [0.05, 0.1) is 0 Å². The molecule has 1 aromatic rings. The zero-order chi connectivity index (χ0) is 13.8. The van der Waals surface area contributed by atoms with Crippen LogP contribution in [0.15, 0.2) is 16.6 Å². The van der Waals surface area contributed by atoms with E-state index in [1.165, 1.54) is 32.1 Å². The van der Waals surface area contributed by atoms with E-state index in [1.807, 2.05) is 19.1 Å². The Morgan fingerprint density at radius 1 is 1.26 bits per heavy atom. The average Bonchev–Trinajstić information content (AvgIpc) is 2.36. The summed E-state index contributed by atoms with van der Waals surface area (Å²) in [5.74, 6) is 1.29. The van der Waals surface area contributed by atoms with E-state index in [4.69, 9.17) is 0 Å². The molecule has 1 aliphatic carbocycles. The number of phenolic OH excluding ortho intramolecular Hbond substituents is 1. The Labute approximate surface area is 124 Å². The maximum atomic E-state index is 10.1. The first-order valence-corrected chi connectivity index (χ1v) is 8.02. The Morgan fingerprint density at radius 3 is 2.63 bits per heavy atom. The van der Waals surface area contributed by atoms with Crippen LogP contribution in [0.5, 0.6) is 5.75 Å². The molecule has 19 heavy (non-hydrogen) atoms. The fourth-order valence-corrected chi connectivity index (χ4v) is 3.71. The molecule has 1 aliphatic rings. The summed E-state index contributed by atoms with van der Waals surface area (Å²) in [7, 11) is 2.16. The van der Waals surface area contributed by atoms with Gasteiger partial charge in [0.1, 0.15) is 5.75 Å². The van der Waals surface area contributed by atoms with Gasteiger partial charge in [0.25, 0.3) is 0 Å². The number of hydrogen-bond donors (Lipinski definition) is 1. The molecule has 0 radical (unpaired) electrons. The lowest BCUT2D eigenvalue weighted by atomic mass is 9.89. The van der Waals surface area contributed by atoms with Crippen molar-refractivity contribution in [2.75, 3.05) is 13.6 Å². The number of benzene rings is 1. The lowest BCUT2D eigenvalue weighted by Gasteiger charge is -2.27. The maximum absolute atomic E-state index is 10.1. The summed E-state index contributed by atoms with van der Waals surface area (Å²) in [6, 6.07) is 3.99. The molecule has 0 bridgehead atoms. The Bertz CT molecular complexity index is 427. The van der Waals surface area contributed by atoms with Gasteiger partial charge in [0.2, 0.25) is 0 Å². The van der Waals surface area contributed by atoms with Gasteiger partial charge in [0.15, 0.2) is 0 Å². The SMILES string of the molecule is Cc1cc(Br)cc(CN(C)CC2CCCCC2)c1O. The first-order chi connectivity index (χ1) is 9.06. The molecule has 0 unspecified atom stereocenters. The summed E-state index contributed by atoms with van der Waals surface area (Å²) in [5, 5.41) is 10.1. The average molecular weight is 326 g/mol. The largest absolute Gasteiger partial charge is 0.507 e. The van der Waals surface area contributed by atoms with Gasteiger partial charge in [-0.1, -0.05) is 35.2 Å². The summed E-state index contributed by atoms with van der Waals surface area (Å²) < 4.78 is 1.05. The fourth-order valence-electron chi connectivity index (χ4n) is 3.09. The monoisotopic (exact) mass is 325 g/mol. The van der Waals surface area contributed by atoms with Crippen LogP contribution in [0, 0.1) is 12.8 Å². The van der Waals surface area contributed by atoms with Crippen LogP contribution in [0.1, 0.15) is 43.2 Å². The topological polar surface area (TPSA) is 23.5 Å². The van der Waals surface area contributed by atoms with Gasteiger partial charge in [0, 0.05) is 23.1 Å². The van der Waals surface area contributed by atoms with Gasteiger partial charge in [-0.05, 0) is 50.4 Å². The zero-order valence-corrected chi connectivity index (χ0v) is 13.5. The number of halogens is 1. The van der Waals surface area contributed by atoms with Crippen molar-refractivity contribution >= 4 is 15.9 Å². The molecule has 2 rings (SSSR count). The summed E-state index contributed by atoms with van der Waals surface area (Å²) in [4.78, 5) is 2.34. The van der Waals surface area contributed by atoms with Crippen LogP contribution in [-0.4, -0.2) is 23.6 Å². The quantitative estimate of drug-likeness (QED) is 0.882. The lowest BCUT2D eigenvalue weighted by molar-refractivity contribution is 0.226. The second-order valence-corrected chi connectivity index (χ2v) is 6.85. The van der Waals surface area contributed by atoms with Crippen LogP contribution >= 0.6 is 15.9 Å². The smallest absolute Gasteiger partial charge is 0.123 e. The van der Waals surface area contributed by atoms with Gasteiger partial charge >= 0.3 is 0 Å². The van der Waals surface area contributed by atoms with E-state index in [-0.39, 0.29) is 0 Å². The molecule has 0 amide bonds. The Balaban J connectivity index is 1.96. The number of rotatable bonds is 4. The molecule has 0 atom stereocenters. The highest BCUT2D eigenvalue weighted by atomic mass is 79.9. The zero-order valence-electron chi connectivity index (χ0n) is 12.0. The summed E-state index contributed by atoms with van der Waals surface area (Å²) in [6.45, 7) is 3.92. The first kappa shape index (κ1) is 14.9. The van der Waals surface area contributed by atoms with Gasteiger partial charge < -0.3 is 10.0 Å². The molecule has 2 nitrogen and oxygen atoms in total. The van der Waals surface area contributed by atoms with Crippen molar-refractivity contribution in [2.24, 2.45) is 5.92 Å². The van der Waals surface area contributed by atoms with Crippen LogP contribution in [0.4, 0.5) is 0 Å². The molecule has 1 N–H and O–H groups in total. The highest BCUT2D eigenvalue weighted by Crippen LogP contribution is 2.29. The molecular weight excluding hydrogens is 302 g/mol. The lowest BCUT2D eigenvalue weighted by Crippen LogP contribution is -2.26. The maximum Gasteiger partial charge on any atom is 0.123 e. The Hall–Kier alpha value is -0.540. The summed E-state index contributed by atoms with van der Waals surface area (Å²) in [6.07, 6.45) is 6.92. The second-order valence-electron chi connectivity index (χ2n) is 5.93. The van der Waals surface area contributed by atoms with Crippen molar-refractivity contribution in [3.63, 3.8) is 0 Å². The minimum atomic E-state index is 0.443. The predicted octanol–water partition coefficient (Wildman–Crippen LogP) is 4.48. The second kappa shape index (κ2) is 6.76. The van der Waals surface area contributed by atoms with E-state index >= 15 is 0 Å². The van der Waals surface area contributed by atoms with Crippen molar-refractivity contribution < 1.29 is 5.11 Å². The van der Waals surface area contributed by atoms with Crippen LogP contribution in [-0.2, 0) is 6.54 Å². The van der Waals surface area contributed by atoms with Crippen LogP contribution in [0.2, 0.25) is 0 Å². The van der Waals surface area contributed by atoms with Crippen LogP contribution < -0.4 is 0 Å². The predicted molar refractivity (Wildman–Crippen MR) is 83.5 cm³/mol. The fraction of sp³-hybridized carbons (Fsp3) is 0.625. The minimum Gasteiger partial charge on any atom is -0.507 e. The molecule has 1 aromatic carbocycles. The van der Waals surface area contributed by atoms with E-state index in [0.717, 1.165) is 34.6 Å². The van der Waals surface area contributed by atoms with Crippen LogP contribution in [0.3, 0.4) is 0 Å². The van der Waals surface area contributed by atoms with E-state index < -0.39 is 0 Å². The number of nitrogens with zero attached hydrogens (tertiary/aromatic N) is 1. The molecule has 1 fully saturated rings. The molecule has 0 saturated heterocycles. The van der Waals surface area contributed by atoms with Crippen molar-refractivity contribution in [3.8, 4) is 5.75 Å². The molecule has 0 spiro atoms. The van der Waals surface area contributed by atoms with E-state index in [1.54, 1.807) is 0 Å². The Kier molecular flexibility index (Phi) is 5.28. The molecule has 0 aliphatic heterocycles. The number of aromatic hydroxyl groups is 1. The third-order valence-corrected chi connectivity index (χ3v) is 4.54. The van der Waals surface area contributed by atoms with Crippen molar-refractivity contribution in [1.29, 1.82) is 0 Å². The molecule has 0 aromatic heterocycles. The third-order valence-electron chi connectivity index (χ3n) is 4.08. The standard InChI is InChI=1S/C16H24BrNO/c1-12-8-15(17)9-14(16(12)19)11-18(2)10-13-6-4-3-5-7-13/h8-9,13,19H,3-7,10-11H2,1-2H3. The van der Waals surface area contributed by atoms with E-state index in [0.29, 0.717) is 5.75 Å². The molecule has 1 saturated carbocycles. The van der Waals surface area contributed by atoms with Gasteiger partial charge in [-0.2, -0.15) is 0 Å². The third kappa shape index (κ3) is 4.22. The Morgan fingerprint density at radius 2 is 1.95 bits per heavy atom. The summed E-state index contributed by atoms with van der Waals surface area (Å²) >= 11 is 3.51. The molecule has 106 valence electrons. The van der Waals surface area contributed by atoms with Crippen molar-refractivity contribution in [3.05, 3.63) is 27.7 Å². The molecule has 0 heterocycles. The number of phenols is 1. The molecular formula is C16H24BrNO. The number of aryl methyl sites for hydroxylation is 1. The normalized spacial score (nSPS) is 17.1. The van der Waals surface area contributed by atoms with E-state index in [9.17, 15) is 5.11 Å². The van der Waals surface area contributed by atoms with Crippen molar-refractivity contribution in [2.45, 2.75) is 45.6 Å². The van der Waals surface area contributed by atoms with Gasteiger partial charge in [-0.3, -0.25) is 0 Å². The highest BCUT2D eigenvalue weighted by Gasteiger charge is 2.16. The summed E-state index contributed by atoms with van der Waals surface area (Å²) in [5.41, 5.74) is 1.96. The molecule has 3 heteroatoms. The number of hydrogen-bond acceptors (Lipinski definition) is 2. The van der Waals surface area contributed by atoms with E-state index in [2.05, 4.69) is 27.9 Å². The van der Waals surface area contributed by atoms with Crippen LogP contribution in [0.25, 0.3) is 0 Å². The highest BCUT2D eigenvalue weighted by molar-refractivity contribution is 9.10.